The SMILES string of the molecule is Cc1ccc(C2=C/C(=C\C=C3/C=[N+](C)c4ccccc43)OC(c3ccc(C)c(C)c3)=C2)cc1C. The van der Waals surface area contributed by atoms with Gasteiger partial charge in [-0.3, -0.25) is 0 Å². The van der Waals surface area contributed by atoms with Gasteiger partial charge in [0.15, 0.2) is 6.21 Å². The van der Waals surface area contributed by atoms with E-state index < -0.39 is 0 Å². The number of allylic oxidation sites excluding steroid dienone is 6. The Balaban J connectivity index is 1.58. The average molecular weight is 445 g/mol. The van der Waals surface area contributed by atoms with Crippen LogP contribution in [-0.4, -0.2) is 17.8 Å². The molecule has 0 amide bonds. The molecule has 5 rings (SSSR count). The fraction of sp³-hybridized carbons (Fsp3) is 0.156. The maximum absolute atomic E-state index is 6.42. The largest absolute Gasteiger partial charge is 0.457 e. The van der Waals surface area contributed by atoms with Crippen molar-refractivity contribution < 1.29 is 9.31 Å². The molecule has 168 valence electrons. The molecular weight excluding hydrogens is 414 g/mol. The number of benzene rings is 3. The van der Waals surface area contributed by atoms with Crippen molar-refractivity contribution in [3.8, 4) is 0 Å². The van der Waals surface area contributed by atoms with E-state index in [1.54, 1.807) is 0 Å². The molecule has 2 aliphatic heterocycles. The zero-order valence-electron chi connectivity index (χ0n) is 20.5. The third-order valence-corrected chi connectivity index (χ3v) is 6.80. The molecule has 0 spiro atoms. The third kappa shape index (κ3) is 4.20. The highest BCUT2D eigenvalue weighted by atomic mass is 16.5. The van der Waals surface area contributed by atoms with Gasteiger partial charge in [0.2, 0.25) is 5.69 Å². The van der Waals surface area contributed by atoms with Gasteiger partial charge in [0.05, 0.1) is 11.1 Å². The second-order valence-corrected chi connectivity index (χ2v) is 9.26. The van der Waals surface area contributed by atoms with Crippen molar-refractivity contribution in [2.45, 2.75) is 27.7 Å². The van der Waals surface area contributed by atoms with Crippen LogP contribution in [0.3, 0.4) is 0 Å². The Labute approximate surface area is 202 Å². The summed E-state index contributed by atoms with van der Waals surface area (Å²) < 4.78 is 8.59. The minimum absolute atomic E-state index is 0.830. The monoisotopic (exact) mass is 444 g/mol. The van der Waals surface area contributed by atoms with Crippen LogP contribution in [0, 0.1) is 27.7 Å². The van der Waals surface area contributed by atoms with Crippen molar-refractivity contribution in [2.24, 2.45) is 0 Å². The summed E-state index contributed by atoms with van der Waals surface area (Å²) >= 11 is 0. The Bertz CT molecular complexity index is 1460. The number of fused-ring (bicyclic) bond motifs is 1. The lowest BCUT2D eigenvalue weighted by molar-refractivity contribution is -0.395. The molecule has 2 nitrogen and oxygen atoms in total. The lowest BCUT2D eigenvalue weighted by Crippen LogP contribution is -2.00. The molecule has 2 heterocycles. The molecule has 0 saturated carbocycles. The summed E-state index contributed by atoms with van der Waals surface area (Å²) in [6.07, 6.45) is 10.7. The van der Waals surface area contributed by atoms with E-state index in [-0.39, 0.29) is 0 Å². The highest BCUT2D eigenvalue weighted by Gasteiger charge is 2.22. The van der Waals surface area contributed by atoms with Crippen LogP contribution in [0.2, 0.25) is 0 Å². The summed E-state index contributed by atoms with van der Waals surface area (Å²) in [5.41, 5.74) is 12.2. The number of nitrogens with zero attached hydrogens (tertiary/aromatic N) is 1. The van der Waals surface area contributed by atoms with Gasteiger partial charge in [-0.1, -0.05) is 42.5 Å². The van der Waals surface area contributed by atoms with Crippen molar-refractivity contribution in [2.75, 3.05) is 7.05 Å². The van der Waals surface area contributed by atoms with Gasteiger partial charge in [-0.15, -0.1) is 0 Å². The molecule has 0 saturated heterocycles. The maximum atomic E-state index is 6.42. The molecule has 3 aromatic carbocycles. The van der Waals surface area contributed by atoms with Crippen molar-refractivity contribution >= 4 is 28.8 Å². The molecule has 0 unspecified atom stereocenters. The quantitative estimate of drug-likeness (QED) is 0.377. The topological polar surface area (TPSA) is 12.2 Å². The predicted molar refractivity (Wildman–Crippen MR) is 143 cm³/mol. The second-order valence-electron chi connectivity index (χ2n) is 9.26. The molecule has 0 aliphatic carbocycles. The zero-order valence-corrected chi connectivity index (χ0v) is 20.5. The summed E-state index contributed by atoms with van der Waals surface area (Å²) in [4.78, 5) is 0. The van der Waals surface area contributed by atoms with Crippen molar-refractivity contribution in [3.63, 3.8) is 0 Å². The molecule has 0 aromatic heterocycles. The van der Waals surface area contributed by atoms with Gasteiger partial charge in [0, 0.05) is 11.6 Å². The Morgan fingerprint density at radius 1 is 0.706 bits per heavy atom. The highest BCUT2D eigenvalue weighted by molar-refractivity contribution is 6.12. The Morgan fingerprint density at radius 2 is 1.38 bits per heavy atom. The van der Waals surface area contributed by atoms with Crippen LogP contribution < -0.4 is 0 Å². The standard InChI is InChI=1S/C32H30NO/c1-21-10-12-25(16-23(21)3)28-18-29(34-32(19-28)26-13-11-22(2)24(4)17-26)15-14-27-20-33(5)31-9-7-6-8-30(27)31/h6-20H,1-5H3/q+1/b27-14+,29-15+. The van der Waals surface area contributed by atoms with Crippen LogP contribution in [0.15, 0.2) is 90.7 Å². The van der Waals surface area contributed by atoms with E-state index in [1.807, 2.05) is 0 Å². The van der Waals surface area contributed by atoms with Crippen LogP contribution in [-0.2, 0) is 4.74 Å². The second kappa shape index (κ2) is 8.79. The first-order chi connectivity index (χ1) is 16.4. The highest BCUT2D eigenvalue weighted by Crippen LogP contribution is 2.34. The van der Waals surface area contributed by atoms with Crippen LogP contribution in [0.4, 0.5) is 5.69 Å². The van der Waals surface area contributed by atoms with Gasteiger partial charge in [-0.25, -0.2) is 4.58 Å². The lowest BCUT2D eigenvalue weighted by Gasteiger charge is -2.19. The molecule has 0 N–H and O–H groups in total. The smallest absolute Gasteiger partial charge is 0.213 e. The van der Waals surface area contributed by atoms with Gasteiger partial charge in [-0.2, -0.15) is 0 Å². The number of para-hydroxylation sites is 1. The lowest BCUT2D eigenvalue weighted by atomic mass is 9.96. The van der Waals surface area contributed by atoms with Crippen LogP contribution in [0.5, 0.6) is 0 Å². The Morgan fingerprint density at radius 3 is 2.12 bits per heavy atom. The van der Waals surface area contributed by atoms with Crippen molar-refractivity contribution in [1.82, 2.24) is 0 Å². The number of hydrogen-bond acceptors (Lipinski definition) is 1. The molecule has 0 fully saturated rings. The van der Waals surface area contributed by atoms with Crippen molar-refractivity contribution in [3.05, 3.63) is 130 Å². The minimum Gasteiger partial charge on any atom is -0.457 e. The molecule has 2 heteroatoms. The van der Waals surface area contributed by atoms with Crippen LogP contribution >= 0.6 is 0 Å². The molecule has 0 radical (unpaired) electrons. The van der Waals surface area contributed by atoms with Crippen LogP contribution in [0.1, 0.15) is 38.9 Å². The van der Waals surface area contributed by atoms with E-state index in [4.69, 9.17) is 4.74 Å². The average Bonchev–Trinajstić information content (AvgIpc) is 3.16. The molecule has 3 aromatic rings. The number of rotatable bonds is 3. The summed E-state index contributed by atoms with van der Waals surface area (Å²) in [7, 11) is 2.09. The molecule has 0 bridgehead atoms. The van der Waals surface area contributed by atoms with E-state index in [0.29, 0.717) is 0 Å². The normalized spacial score (nSPS) is 17.3. The third-order valence-electron chi connectivity index (χ3n) is 6.80. The maximum Gasteiger partial charge on any atom is 0.213 e. The number of ether oxygens (including phenoxy) is 1. The van der Waals surface area contributed by atoms with Gasteiger partial charge < -0.3 is 4.74 Å². The first-order valence-corrected chi connectivity index (χ1v) is 11.7. The van der Waals surface area contributed by atoms with Gasteiger partial charge in [0.25, 0.3) is 0 Å². The van der Waals surface area contributed by atoms with E-state index in [2.05, 4.69) is 131 Å². The van der Waals surface area contributed by atoms with Crippen LogP contribution in [0.25, 0.3) is 16.9 Å². The predicted octanol–water partition coefficient (Wildman–Crippen LogP) is 7.70. The van der Waals surface area contributed by atoms with Gasteiger partial charge in [0.1, 0.15) is 18.6 Å². The molecule has 34 heavy (non-hydrogen) atoms. The zero-order chi connectivity index (χ0) is 23.8. The Hall–Kier alpha value is -3.91. The van der Waals surface area contributed by atoms with E-state index >= 15 is 0 Å². The van der Waals surface area contributed by atoms with E-state index in [9.17, 15) is 0 Å². The minimum atomic E-state index is 0.830. The first kappa shape index (κ1) is 21.9. The molecule has 0 atom stereocenters. The Kier molecular flexibility index (Phi) is 5.67. The van der Waals surface area contributed by atoms with Gasteiger partial charge in [-0.05, 0) is 97.5 Å². The first-order valence-electron chi connectivity index (χ1n) is 11.7. The summed E-state index contributed by atoms with van der Waals surface area (Å²) in [6, 6.07) is 21.6. The fourth-order valence-corrected chi connectivity index (χ4v) is 4.41. The summed E-state index contributed by atoms with van der Waals surface area (Å²) in [6.45, 7) is 8.60. The van der Waals surface area contributed by atoms with Crippen molar-refractivity contribution in [1.29, 1.82) is 0 Å². The summed E-state index contributed by atoms with van der Waals surface area (Å²) in [5, 5.41) is 0. The summed E-state index contributed by atoms with van der Waals surface area (Å²) in [5.74, 6) is 1.70. The number of hydrogen-bond donors (Lipinski definition) is 0. The van der Waals surface area contributed by atoms with Gasteiger partial charge >= 0.3 is 0 Å². The fourth-order valence-electron chi connectivity index (χ4n) is 4.41. The van der Waals surface area contributed by atoms with E-state index in [0.717, 1.165) is 22.7 Å². The molecule has 2 aliphatic rings. The van der Waals surface area contributed by atoms with E-state index in [1.165, 1.54) is 44.6 Å². The molecular formula is C32H30NO+. The number of aryl methyl sites for hydroxylation is 4.